The van der Waals surface area contributed by atoms with Crippen LogP contribution in [0.1, 0.15) is 38.2 Å². The Kier molecular flexibility index (Phi) is 7.28. The fourth-order valence-electron chi connectivity index (χ4n) is 3.34. The van der Waals surface area contributed by atoms with E-state index < -0.39 is 10.0 Å². The van der Waals surface area contributed by atoms with Crippen molar-refractivity contribution in [2.24, 2.45) is 5.10 Å². The van der Waals surface area contributed by atoms with Crippen LogP contribution in [-0.4, -0.2) is 50.7 Å². The fourth-order valence-corrected chi connectivity index (χ4v) is 4.80. The van der Waals surface area contributed by atoms with Gasteiger partial charge in [0.1, 0.15) is 10.7 Å². The summed E-state index contributed by atoms with van der Waals surface area (Å²) in [5.41, 5.74) is 4.62. The molecule has 2 heterocycles. The summed E-state index contributed by atoms with van der Waals surface area (Å²) < 4.78 is 37.6. The first kappa shape index (κ1) is 22.0. The van der Waals surface area contributed by atoms with Crippen molar-refractivity contribution in [2.75, 3.05) is 32.7 Å². The molecule has 1 N–H and O–H groups in total. The molecule has 0 atom stereocenters. The van der Waals surface area contributed by atoms with Crippen LogP contribution in [-0.2, 0) is 10.0 Å². The number of aromatic nitrogens is 1. The fraction of sp³-hybridized carbons (Fsp3) is 0.429. The molecule has 1 aliphatic heterocycles. The minimum atomic E-state index is -3.49. The van der Waals surface area contributed by atoms with Crippen molar-refractivity contribution in [2.45, 2.75) is 37.5 Å². The van der Waals surface area contributed by atoms with Crippen molar-refractivity contribution < 1.29 is 17.9 Å². The molecule has 9 heteroatoms. The van der Waals surface area contributed by atoms with Gasteiger partial charge in [0.2, 0.25) is 10.0 Å². The number of benzene rings is 1. The number of hydrogen-bond donors (Lipinski definition) is 1. The van der Waals surface area contributed by atoms with Crippen molar-refractivity contribution in [3.05, 3.63) is 42.1 Å². The van der Waals surface area contributed by atoms with E-state index in [1.807, 2.05) is 25.1 Å². The van der Waals surface area contributed by atoms with E-state index in [4.69, 9.17) is 9.47 Å². The molecule has 0 radical (unpaired) electrons. The zero-order valence-electron chi connectivity index (χ0n) is 17.6. The smallest absolute Gasteiger partial charge is 0.244 e. The van der Waals surface area contributed by atoms with Crippen LogP contribution in [0, 0.1) is 0 Å². The topological polar surface area (TPSA) is 93.1 Å². The Morgan fingerprint density at radius 2 is 1.83 bits per heavy atom. The number of piperidine rings is 1. The molecular formula is C21H28N4O4S. The molecule has 1 aliphatic rings. The van der Waals surface area contributed by atoms with Gasteiger partial charge >= 0.3 is 0 Å². The molecule has 1 saturated heterocycles. The number of methoxy groups -OCH3 is 2. The van der Waals surface area contributed by atoms with Crippen molar-refractivity contribution in [3.8, 4) is 11.5 Å². The molecule has 162 valence electrons. The van der Waals surface area contributed by atoms with Crippen molar-refractivity contribution in [1.82, 2.24) is 9.29 Å². The van der Waals surface area contributed by atoms with Gasteiger partial charge in [-0.2, -0.15) is 9.41 Å². The highest BCUT2D eigenvalue weighted by Gasteiger charge is 2.26. The highest BCUT2D eigenvalue weighted by atomic mass is 32.2. The van der Waals surface area contributed by atoms with Crippen LogP contribution in [0.25, 0.3) is 0 Å². The highest BCUT2D eigenvalue weighted by molar-refractivity contribution is 7.89. The lowest BCUT2D eigenvalue weighted by atomic mass is 10.1. The Bertz CT molecular complexity index is 985. The maximum absolute atomic E-state index is 12.7. The predicted molar refractivity (Wildman–Crippen MR) is 117 cm³/mol. The molecule has 0 spiro atoms. The molecule has 0 bridgehead atoms. The summed E-state index contributed by atoms with van der Waals surface area (Å²) >= 11 is 0. The van der Waals surface area contributed by atoms with Crippen LogP contribution in [0.5, 0.6) is 11.5 Å². The van der Waals surface area contributed by atoms with Gasteiger partial charge in [0.15, 0.2) is 11.5 Å². The van der Waals surface area contributed by atoms with Gasteiger partial charge in [-0.05, 0) is 49.6 Å². The van der Waals surface area contributed by atoms with E-state index >= 15 is 0 Å². The van der Waals surface area contributed by atoms with Gasteiger partial charge in [0.25, 0.3) is 0 Å². The van der Waals surface area contributed by atoms with E-state index in [9.17, 15) is 8.42 Å². The van der Waals surface area contributed by atoms with Gasteiger partial charge < -0.3 is 9.47 Å². The van der Waals surface area contributed by atoms with Crippen LogP contribution in [0.3, 0.4) is 0 Å². The molecule has 0 aliphatic carbocycles. The molecule has 8 nitrogen and oxygen atoms in total. The lowest BCUT2D eigenvalue weighted by Crippen LogP contribution is -2.35. The van der Waals surface area contributed by atoms with Gasteiger partial charge in [-0.15, -0.1) is 0 Å². The Morgan fingerprint density at radius 1 is 1.10 bits per heavy atom. The number of nitrogens with one attached hydrogen (secondary N) is 1. The normalized spacial score (nSPS) is 15.6. The SMILES string of the molecule is CC/C(=N\Nc1ccc(S(=O)(=O)N2CCCCC2)cn1)c1ccc(OC)c(OC)c1. The first-order chi connectivity index (χ1) is 14.5. The predicted octanol–water partition coefficient (Wildman–Crippen LogP) is 3.50. The lowest BCUT2D eigenvalue weighted by molar-refractivity contribution is 0.346. The van der Waals surface area contributed by atoms with Gasteiger partial charge in [0.05, 0.1) is 19.9 Å². The van der Waals surface area contributed by atoms with Crippen LogP contribution in [0.4, 0.5) is 5.82 Å². The quantitative estimate of drug-likeness (QED) is 0.507. The van der Waals surface area contributed by atoms with E-state index in [0.29, 0.717) is 36.8 Å². The third kappa shape index (κ3) is 4.91. The molecule has 0 unspecified atom stereocenters. The van der Waals surface area contributed by atoms with Gasteiger partial charge in [-0.25, -0.2) is 13.4 Å². The second-order valence-electron chi connectivity index (χ2n) is 6.94. The molecule has 0 amide bonds. The summed E-state index contributed by atoms with van der Waals surface area (Å²) in [5.74, 6) is 1.75. The summed E-state index contributed by atoms with van der Waals surface area (Å²) in [7, 11) is -0.309. The molecule has 1 aromatic carbocycles. The second kappa shape index (κ2) is 9.90. The summed E-state index contributed by atoms with van der Waals surface area (Å²) in [4.78, 5) is 4.44. The van der Waals surface area contributed by atoms with E-state index in [-0.39, 0.29) is 4.90 Å². The summed E-state index contributed by atoms with van der Waals surface area (Å²) in [5, 5.41) is 4.44. The van der Waals surface area contributed by atoms with Crippen molar-refractivity contribution in [1.29, 1.82) is 0 Å². The monoisotopic (exact) mass is 432 g/mol. The molecule has 30 heavy (non-hydrogen) atoms. The van der Waals surface area contributed by atoms with Crippen molar-refractivity contribution in [3.63, 3.8) is 0 Å². The zero-order valence-corrected chi connectivity index (χ0v) is 18.4. The maximum atomic E-state index is 12.7. The molecule has 0 saturated carbocycles. The summed E-state index contributed by atoms with van der Waals surface area (Å²) in [6.07, 6.45) is 4.94. The average Bonchev–Trinajstić information content (AvgIpc) is 2.80. The number of nitrogens with zero attached hydrogens (tertiary/aromatic N) is 3. The van der Waals surface area contributed by atoms with Crippen LogP contribution < -0.4 is 14.9 Å². The summed E-state index contributed by atoms with van der Waals surface area (Å²) in [6, 6.07) is 8.80. The van der Waals surface area contributed by atoms with Crippen LogP contribution in [0.2, 0.25) is 0 Å². The Hall–Kier alpha value is -2.65. The number of anilines is 1. The Balaban J connectivity index is 1.75. The molecule has 1 fully saturated rings. The first-order valence-corrected chi connectivity index (χ1v) is 11.4. The standard InChI is InChI=1S/C21H28N4O4S/c1-4-18(16-8-10-19(28-2)20(14-16)29-3)23-24-21-11-9-17(15-22-21)30(26,27)25-12-6-5-7-13-25/h8-11,14-15H,4-7,12-13H2,1-3H3,(H,22,24)/b23-18+. The molecule has 2 aromatic rings. The zero-order chi connectivity index (χ0) is 21.6. The van der Waals surface area contributed by atoms with Crippen LogP contribution in [0.15, 0.2) is 46.5 Å². The molecule has 3 rings (SSSR count). The molecule has 1 aromatic heterocycles. The third-order valence-corrected chi connectivity index (χ3v) is 6.93. The summed E-state index contributed by atoms with van der Waals surface area (Å²) in [6.45, 7) is 3.13. The van der Waals surface area contributed by atoms with Gasteiger partial charge in [0, 0.05) is 24.8 Å². The van der Waals surface area contributed by atoms with Gasteiger partial charge in [-0.1, -0.05) is 13.3 Å². The van der Waals surface area contributed by atoms with E-state index in [0.717, 1.165) is 30.5 Å². The Morgan fingerprint density at radius 3 is 2.43 bits per heavy atom. The maximum Gasteiger partial charge on any atom is 0.244 e. The number of pyridine rings is 1. The highest BCUT2D eigenvalue weighted by Crippen LogP contribution is 2.28. The Labute approximate surface area is 178 Å². The van der Waals surface area contributed by atoms with E-state index in [2.05, 4.69) is 15.5 Å². The third-order valence-electron chi connectivity index (χ3n) is 5.05. The minimum Gasteiger partial charge on any atom is -0.493 e. The molecular weight excluding hydrogens is 404 g/mol. The lowest BCUT2D eigenvalue weighted by Gasteiger charge is -2.25. The van der Waals surface area contributed by atoms with Crippen LogP contribution >= 0.6 is 0 Å². The number of sulfonamides is 1. The van der Waals surface area contributed by atoms with Crippen molar-refractivity contribution >= 4 is 21.6 Å². The van der Waals surface area contributed by atoms with E-state index in [1.165, 1.54) is 10.5 Å². The van der Waals surface area contributed by atoms with Gasteiger partial charge in [-0.3, -0.25) is 5.43 Å². The number of hydrogen-bond acceptors (Lipinski definition) is 7. The number of hydrazone groups is 1. The average molecular weight is 433 g/mol. The first-order valence-electron chi connectivity index (χ1n) is 10.0. The number of rotatable bonds is 8. The second-order valence-corrected chi connectivity index (χ2v) is 8.88. The minimum absolute atomic E-state index is 0.203. The largest absolute Gasteiger partial charge is 0.493 e. The van der Waals surface area contributed by atoms with E-state index in [1.54, 1.807) is 26.4 Å². The number of ether oxygens (including phenoxy) is 2.